The summed E-state index contributed by atoms with van der Waals surface area (Å²) in [5.74, 6) is -2.10. The van der Waals surface area contributed by atoms with Crippen LogP contribution in [0, 0.1) is 0 Å². The molecule has 1 saturated heterocycles. The van der Waals surface area contributed by atoms with E-state index in [1.807, 2.05) is 0 Å². The Labute approximate surface area is 98.0 Å². The quantitative estimate of drug-likeness (QED) is 0.322. The number of hydrogen-bond donors (Lipinski definition) is 6. The summed E-state index contributed by atoms with van der Waals surface area (Å²) in [6.45, 7) is 0.602. The first-order valence-electron chi connectivity index (χ1n) is 5.13. The van der Waals surface area contributed by atoms with Gasteiger partial charge >= 0.3 is 11.9 Å². The maximum absolute atomic E-state index is 10.2. The van der Waals surface area contributed by atoms with Gasteiger partial charge in [0.05, 0.1) is 6.10 Å². The Morgan fingerprint density at radius 2 is 2.00 bits per heavy atom. The second-order valence-corrected chi connectivity index (χ2v) is 3.62. The van der Waals surface area contributed by atoms with E-state index in [1.165, 1.54) is 0 Å². The van der Waals surface area contributed by atoms with Crippen LogP contribution < -0.4 is 11.1 Å². The average molecular weight is 250 g/mol. The fourth-order valence-corrected chi connectivity index (χ4v) is 1.19. The van der Waals surface area contributed by atoms with E-state index < -0.39 is 30.2 Å². The molecule has 0 bridgehead atoms. The lowest BCUT2D eigenvalue weighted by atomic mass is 10.2. The first kappa shape index (κ1) is 15.8. The van der Waals surface area contributed by atoms with Gasteiger partial charge in [-0.1, -0.05) is 0 Å². The van der Waals surface area contributed by atoms with Crippen LogP contribution in [0.3, 0.4) is 0 Å². The van der Waals surface area contributed by atoms with Crippen LogP contribution in [0.25, 0.3) is 0 Å². The van der Waals surface area contributed by atoms with E-state index in [0.717, 1.165) is 0 Å². The van der Waals surface area contributed by atoms with Crippen molar-refractivity contribution in [3.8, 4) is 0 Å². The molecule has 17 heavy (non-hydrogen) atoms. The van der Waals surface area contributed by atoms with Crippen LogP contribution in [0.15, 0.2) is 0 Å². The van der Waals surface area contributed by atoms with Gasteiger partial charge in [-0.2, -0.15) is 0 Å². The Hall–Kier alpha value is -1.22. The lowest BCUT2D eigenvalue weighted by molar-refractivity contribution is -0.146. The minimum Gasteiger partial charge on any atom is -0.480 e. The van der Waals surface area contributed by atoms with Gasteiger partial charge in [-0.15, -0.1) is 0 Å². The standard InChI is InChI=1S/C5H9NO3.C4H9NO3/c7-3-1-4(5(8)9)6-2-3;5-2-1-3(6)4(7)8/h3-4,6-7H,1-2H2,(H,8,9);3,6H,1-2,5H2,(H,7,8). The van der Waals surface area contributed by atoms with Crippen LogP contribution in [0.4, 0.5) is 0 Å². The Kier molecular flexibility index (Phi) is 7.39. The van der Waals surface area contributed by atoms with E-state index in [2.05, 4.69) is 5.32 Å². The molecular weight excluding hydrogens is 232 g/mol. The molecule has 1 aliphatic heterocycles. The highest BCUT2D eigenvalue weighted by Crippen LogP contribution is 2.05. The summed E-state index contributed by atoms with van der Waals surface area (Å²) in [5, 5.41) is 36.3. The number of aliphatic carboxylic acids is 2. The van der Waals surface area contributed by atoms with Crippen molar-refractivity contribution in [3.63, 3.8) is 0 Å². The number of rotatable bonds is 4. The molecule has 1 aliphatic rings. The molecule has 0 aromatic rings. The van der Waals surface area contributed by atoms with Gasteiger partial charge in [0.25, 0.3) is 0 Å². The highest BCUT2D eigenvalue weighted by Gasteiger charge is 2.27. The molecule has 1 heterocycles. The summed E-state index contributed by atoms with van der Waals surface area (Å²) in [7, 11) is 0. The fraction of sp³-hybridized carbons (Fsp3) is 0.778. The van der Waals surface area contributed by atoms with Crippen LogP contribution in [-0.2, 0) is 9.59 Å². The third-order valence-electron chi connectivity index (χ3n) is 2.13. The average Bonchev–Trinajstić information content (AvgIpc) is 2.66. The second kappa shape index (κ2) is 7.96. The summed E-state index contributed by atoms with van der Waals surface area (Å²) in [4.78, 5) is 20.0. The predicted molar refractivity (Wildman–Crippen MR) is 57.4 cm³/mol. The van der Waals surface area contributed by atoms with E-state index in [0.29, 0.717) is 13.0 Å². The van der Waals surface area contributed by atoms with Crippen molar-refractivity contribution in [2.24, 2.45) is 5.73 Å². The number of nitrogens with two attached hydrogens (primary N) is 1. The van der Waals surface area contributed by atoms with Crippen molar-refractivity contribution in [3.05, 3.63) is 0 Å². The van der Waals surface area contributed by atoms with Gasteiger partial charge in [-0.05, 0) is 13.0 Å². The molecule has 0 aromatic heterocycles. The molecule has 8 nitrogen and oxygen atoms in total. The van der Waals surface area contributed by atoms with E-state index in [4.69, 9.17) is 26.2 Å². The first-order valence-corrected chi connectivity index (χ1v) is 5.13. The van der Waals surface area contributed by atoms with Gasteiger partial charge in [0.1, 0.15) is 6.04 Å². The summed E-state index contributed by atoms with van der Waals surface area (Å²) in [6, 6.07) is -0.542. The predicted octanol–water partition coefficient (Wildman–Crippen LogP) is -2.43. The number of hydrogen-bond acceptors (Lipinski definition) is 6. The lowest BCUT2D eigenvalue weighted by Crippen LogP contribution is -2.29. The molecule has 0 amide bonds. The van der Waals surface area contributed by atoms with Gasteiger partial charge in [0.15, 0.2) is 6.10 Å². The van der Waals surface area contributed by atoms with Gasteiger partial charge < -0.3 is 31.5 Å². The molecule has 3 unspecified atom stereocenters. The first-order chi connectivity index (χ1) is 7.88. The maximum atomic E-state index is 10.2. The summed E-state index contributed by atoms with van der Waals surface area (Å²) in [5.41, 5.74) is 4.94. The second-order valence-electron chi connectivity index (χ2n) is 3.62. The van der Waals surface area contributed by atoms with Crippen molar-refractivity contribution in [1.82, 2.24) is 5.32 Å². The van der Waals surface area contributed by atoms with Gasteiger partial charge in [0.2, 0.25) is 0 Å². The number of aliphatic hydroxyl groups excluding tert-OH is 2. The molecule has 100 valence electrons. The highest BCUT2D eigenvalue weighted by molar-refractivity contribution is 5.73. The van der Waals surface area contributed by atoms with Crippen molar-refractivity contribution in [2.45, 2.75) is 31.1 Å². The molecule has 7 N–H and O–H groups in total. The molecule has 8 heteroatoms. The van der Waals surface area contributed by atoms with E-state index in [-0.39, 0.29) is 13.0 Å². The van der Waals surface area contributed by atoms with Crippen LogP contribution in [0.5, 0.6) is 0 Å². The third kappa shape index (κ3) is 6.84. The summed E-state index contributed by atoms with van der Waals surface area (Å²) < 4.78 is 0. The third-order valence-corrected chi connectivity index (χ3v) is 2.13. The largest absolute Gasteiger partial charge is 0.480 e. The van der Waals surface area contributed by atoms with Crippen LogP contribution in [0.2, 0.25) is 0 Å². The lowest BCUT2D eigenvalue weighted by Gasteiger charge is -1.99. The highest BCUT2D eigenvalue weighted by atomic mass is 16.4. The van der Waals surface area contributed by atoms with Crippen molar-refractivity contribution in [2.75, 3.05) is 13.1 Å². The molecule has 0 aromatic carbocycles. The SMILES string of the molecule is NCCC(O)C(=O)O.O=C(O)C1CC(O)CN1. The van der Waals surface area contributed by atoms with Gasteiger partial charge in [-0.3, -0.25) is 4.79 Å². The Bertz CT molecular complexity index is 260. The Balaban J connectivity index is 0.000000304. The minimum atomic E-state index is -1.29. The zero-order valence-electron chi connectivity index (χ0n) is 9.24. The van der Waals surface area contributed by atoms with E-state index >= 15 is 0 Å². The number of carboxylic acids is 2. The molecular formula is C9H18N2O6. The fourth-order valence-electron chi connectivity index (χ4n) is 1.19. The molecule has 1 rings (SSSR count). The Morgan fingerprint density at radius 3 is 2.18 bits per heavy atom. The van der Waals surface area contributed by atoms with Crippen LogP contribution in [-0.4, -0.2) is 63.7 Å². The molecule has 0 aliphatic carbocycles. The number of carbonyl (C=O) groups is 2. The molecule has 0 saturated carbocycles. The van der Waals surface area contributed by atoms with Crippen molar-refractivity contribution >= 4 is 11.9 Å². The number of carboxylic acid groups (broad SMARTS) is 2. The van der Waals surface area contributed by atoms with Crippen LogP contribution >= 0.6 is 0 Å². The van der Waals surface area contributed by atoms with Crippen LogP contribution in [0.1, 0.15) is 12.8 Å². The van der Waals surface area contributed by atoms with Gasteiger partial charge in [0, 0.05) is 13.0 Å². The molecule has 0 radical (unpaired) electrons. The van der Waals surface area contributed by atoms with Gasteiger partial charge in [-0.25, -0.2) is 4.79 Å². The maximum Gasteiger partial charge on any atom is 0.332 e. The summed E-state index contributed by atoms with van der Waals surface area (Å²) in [6.07, 6.45) is -1.32. The zero-order valence-corrected chi connectivity index (χ0v) is 9.24. The minimum absolute atomic E-state index is 0.120. The topological polar surface area (TPSA) is 153 Å². The van der Waals surface area contributed by atoms with Crippen molar-refractivity contribution < 1.29 is 30.0 Å². The monoisotopic (exact) mass is 250 g/mol. The molecule has 0 spiro atoms. The zero-order chi connectivity index (χ0) is 13.4. The smallest absolute Gasteiger partial charge is 0.332 e. The number of β-amino-alcohol motifs (C(OH)–C–C–N with tert-alkyl or cyclic N) is 1. The van der Waals surface area contributed by atoms with E-state index in [9.17, 15) is 9.59 Å². The number of aliphatic hydroxyl groups is 2. The number of nitrogens with one attached hydrogen (secondary N) is 1. The van der Waals surface area contributed by atoms with Crippen molar-refractivity contribution in [1.29, 1.82) is 0 Å². The Morgan fingerprint density at radius 1 is 1.41 bits per heavy atom. The summed E-state index contributed by atoms with van der Waals surface area (Å²) >= 11 is 0. The normalized spacial score (nSPS) is 24.6. The molecule has 3 atom stereocenters. The van der Waals surface area contributed by atoms with E-state index in [1.54, 1.807) is 0 Å². The molecule has 1 fully saturated rings.